The van der Waals surface area contributed by atoms with Gasteiger partial charge in [0.1, 0.15) is 0 Å². The molecule has 1 saturated heterocycles. The molecule has 0 spiro atoms. The molecule has 21 heavy (non-hydrogen) atoms. The number of hydrogen-bond acceptors (Lipinski definition) is 2. The van der Waals surface area contributed by atoms with Crippen LogP contribution in [0.25, 0.3) is 0 Å². The monoisotopic (exact) mass is 281 g/mol. The molecule has 0 aliphatic carbocycles. The molecule has 110 valence electrons. The summed E-state index contributed by atoms with van der Waals surface area (Å²) in [6, 6.07) is 19.3. The Labute approximate surface area is 127 Å². The largest absolute Gasteiger partial charge is 0.392 e. The normalized spacial score (nSPS) is 23.1. The molecule has 0 radical (unpaired) electrons. The summed E-state index contributed by atoms with van der Waals surface area (Å²) < 4.78 is 0. The second-order valence-corrected chi connectivity index (χ2v) is 6.18. The fourth-order valence-corrected chi connectivity index (χ4v) is 3.21. The first-order valence-electron chi connectivity index (χ1n) is 7.71. The van der Waals surface area contributed by atoms with E-state index in [1.54, 1.807) is 0 Å². The molecule has 0 amide bonds. The molecule has 1 aliphatic rings. The van der Waals surface area contributed by atoms with Crippen LogP contribution in [0.1, 0.15) is 29.0 Å². The Bertz CT molecular complexity index is 564. The molecule has 1 aliphatic heterocycles. The van der Waals surface area contributed by atoms with Gasteiger partial charge in [0.05, 0.1) is 6.10 Å². The topological polar surface area (TPSA) is 23.5 Å². The van der Waals surface area contributed by atoms with Gasteiger partial charge in [0.15, 0.2) is 0 Å². The van der Waals surface area contributed by atoms with Crippen molar-refractivity contribution in [2.45, 2.75) is 31.9 Å². The zero-order chi connectivity index (χ0) is 14.7. The van der Waals surface area contributed by atoms with Gasteiger partial charge in [-0.1, -0.05) is 60.2 Å². The van der Waals surface area contributed by atoms with Gasteiger partial charge in [0.2, 0.25) is 0 Å². The van der Waals surface area contributed by atoms with E-state index in [4.69, 9.17) is 0 Å². The lowest BCUT2D eigenvalue weighted by molar-refractivity contribution is 0.0549. The summed E-state index contributed by atoms with van der Waals surface area (Å²) in [6.45, 7) is 4.83. The molecular formula is C19H23NO. The molecule has 2 aromatic rings. The van der Waals surface area contributed by atoms with Crippen LogP contribution in [0.15, 0.2) is 54.6 Å². The highest BCUT2D eigenvalue weighted by molar-refractivity contribution is 5.25. The Hall–Kier alpha value is -1.64. The smallest absolute Gasteiger partial charge is 0.0673 e. The van der Waals surface area contributed by atoms with Crippen molar-refractivity contribution in [2.75, 3.05) is 13.1 Å². The Balaban J connectivity index is 1.71. The van der Waals surface area contributed by atoms with Crippen LogP contribution in [-0.4, -0.2) is 29.2 Å². The maximum Gasteiger partial charge on any atom is 0.0673 e. The Morgan fingerprint density at radius 3 is 2.43 bits per heavy atom. The van der Waals surface area contributed by atoms with Crippen molar-refractivity contribution in [1.29, 1.82) is 0 Å². The summed E-state index contributed by atoms with van der Waals surface area (Å²) in [6.07, 6.45) is 0.641. The molecule has 0 unspecified atom stereocenters. The predicted octanol–water partition coefficient (Wildman–Crippen LogP) is 3.35. The first-order valence-corrected chi connectivity index (χ1v) is 7.71. The summed E-state index contributed by atoms with van der Waals surface area (Å²) in [5.41, 5.74) is 3.95. The number of β-amino-alcohol motifs (C(OH)–C–C–N with tert-alkyl or cyclic N) is 1. The highest BCUT2D eigenvalue weighted by Gasteiger charge is 2.26. The van der Waals surface area contributed by atoms with Crippen LogP contribution < -0.4 is 0 Å². The molecule has 2 heteroatoms. The van der Waals surface area contributed by atoms with Gasteiger partial charge in [-0.2, -0.15) is 0 Å². The first kappa shape index (κ1) is 14.3. The maximum absolute atomic E-state index is 10.2. The minimum atomic E-state index is -0.228. The number of rotatable bonds is 3. The Kier molecular flexibility index (Phi) is 4.37. The zero-order valence-electron chi connectivity index (χ0n) is 12.6. The van der Waals surface area contributed by atoms with Gasteiger partial charge >= 0.3 is 0 Å². The molecular weight excluding hydrogens is 258 g/mol. The summed E-state index contributed by atoms with van der Waals surface area (Å²) in [5, 5.41) is 10.2. The van der Waals surface area contributed by atoms with Crippen molar-refractivity contribution in [3.63, 3.8) is 0 Å². The van der Waals surface area contributed by atoms with E-state index in [1.165, 1.54) is 16.7 Å². The maximum atomic E-state index is 10.2. The van der Waals surface area contributed by atoms with Crippen molar-refractivity contribution >= 4 is 0 Å². The number of aliphatic hydroxyl groups is 1. The van der Waals surface area contributed by atoms with Crippen LogP contribution in [0, 0.1) is 6.92 Å². The molecule has 2 atom stereocenters. The van der Waals surface area contributed by atoms with Gasteiger partial charge in [-0.3, -0.25) is 4.90 Å². The lowest BCUT2D eigenvalue weighted by Crippen LogP contribution is -2.41. The summed E-state index contributed by atoms with van der Waals surface area (Å²) >= 11 is 0. The number of hydrogen-bond donors (Lipinski definition) is 1. The van der Waals surface area contributed by atoms with Gasteiger partial charge in [0, 0.05) is 19.6 Å². The van der Waals surface area contributed by atoms with Gasteiger partial charge in [-0.15, -0.1) is 0 Å². The molecule has 3 rings (SSSR count). The van der Waals surface area contributed by atoms with E-state index in [-0.39, 0.29) is 6.10 Å². The second-order valence-electron chi connectivity index (χ2n) is 6.18. The van der Waals surface area contributed by atoms with Crippen molar-refractivity contribution in [3.05, 3.63) is 71.3 Å². The van der Waals surface area contributed by atoms with Gasteiger partial charge < -0.3 is 5.11 Å². The quantitative estimate of drug-likeness (QED) is 0.932. The summed E-state index contributed by atoms with van der Waals surface area (Å²) in [4.78, 5) is 2.37. The number of aryl methyl sites for hydroxylation is 1. The standard InChI is InChI=1S/C19H23NO/c1-15-7-9-17(10-8-15)18-11-19(21)14-20(13-18)12-16-5-3-2-4-6-16/h2-10,18-19,21H,11-14H2,1H3/t18-,19+/m1/s1. The van der Waals surface area contributed by atoms with Gasteiger partial charge in [-0.05, 0) is 30.4 Å². The minimum absolute atomic E-state index is 0.228. The highest BCUT2D eigenvalue weighted by Crippen LogP contribution is 2.28. The van der Waals surface area contributed by atoms with Crippen molar-refractivity contribution < 1.29 is 5.11 Å². The van der Waals surface area contributed by atoms with E-state index in [0.717, 1.165) is 26.1 Å². The van der Waals surface area contributed by atoms with E-state index < -0.39 is 0 Å². The zero-order valence-corrected chi connectivity index (χ0v) is 12.6. The number of likely N-dealkylation sites (tertiary alicyclic amines) is 1. The molecule has 0 bridgehead atoms. The number of benzene rings is 2. The average molecular weight is 281 g/mol. The molecule has 1 N–H and O–H groups in total. The van der Waals surface area contributed by atoms with Crippen LogP contribution in [-0.2, 0) is 6.54 Å². The molecule has 0 aromatic heterocycles. The minimum Gasteiger partial charge on any atom is -0.392 e. The van der Waals surface area contributed by atoms with E-state index in [0.29, 0.717) is 5.92 Å². The lowest BCUT2D eigenvalue weighted by atomic mass is 9.88. The lowest BCUT2D eigenvalue weighted by Gasteiger charge is -2.36. The predicted molar refractivity (Wildman–Crippen MR) is 86.3 cm³/mol. The van der Waals surface area contributed by atoms with E-state index in [1.807, 2.05) is 6.07 Å². The molecule has 1 heterocycles. The number of aliphatic hydroxyl groups excluding tert-OH is 1. The fraction of sp³-hybridized carbons (Fsp3) is 0.368. The Morgan fingerprint density at radius 1 is 1.00 bits per heavy atom. The van der Waals surface area contributed by atoms with Crippen LogP contribution in [0.4, 0.5) is 0 Å². The molecule has 2 nitrogen and oxygen atoms in total. The summed E-state index contributed by atoms with van der Waals surface area (Å²) in [7, 11) is 0. The summed E-state index contributed by atoms with van der Waals surface area (Å²) in [5.74, 6) is 0.429. The van der Waals surface area contributed by atoms with Gasteiger partial charge in [0.25, 0.3) is 0 Å². The third-order valence-corrected chi connectivity index (χ3v) is 4.30. The number of nitrogens with zero attached hydrogens (tertiary/aromatic N) is 1. The van der Waals surface area contributed by atoms with Crippen LogP contribution in [0.5, 0.6) is 0 Å². The third-order valence-electron chi connectivity index (χ3n) is 4.30. The van der Waals surface area contributed by atoms with Crippen LogP contribution >= 0.6 is 0 Å². The molecule has 1 fully saturated rings. The molecule has 2 aromatic carbocycles. The Morgan fingerprint density at radius 2 is 1.71 bits per heavy atom. The van der Waals surface area contributed by atoms with Crippen molar-refractivity contribution in [3.8, 4) is 0 Å². The average Bonchev–Trinajstić information content (AvgIpc) is 2.48. The van der Waals surface area contributed by atoms with Crippen LogP contribution in [0.3, 0.4) is 0 Å². The van der Waals surface area contributed by atoms with E-state index in [9.17, 15) is 5.11 Å². The SMILES string of the molecule is Cc1ccc([C@@H]2C[C@H](O)CN(Cc3ccccc3)C2)cc1. The first-order chi connectivity index (χ1) is 10.2. The van der Waals surface area contributed by atoms with Gasteiger partial charge in [-0.25, -0.2) is 0 Å². The third kappa shape index (κ3) is 3.72. The molecule has 0 saturated carbocycles. The highest BCUT2D eigenvalue weighted by atomic mass is 16.3. The van der Waals surface area contributed by atoms with Crippen molar-refractivity contribution in [2.24, 2.45) is 0 Å². The van der Waals surface area contributed by atoms with E-state index in [2.05, 4.69) is 60.4 Å². The fourth-order valence-electron chi connectivity index (χ4n) is 3.21. The van der Waals surface area contributed by atoms with Crippen molar-refractivity contribution in [1.82, 2.24) is 4.90 Å². The van der Waals surface area contributed by atoms with E-state index >= 15 is 0 Å². The number of piperidine rings is 1. The second kappa shape index (κ2) is 6.42. The van der Waals surface area contributed by atoms with Crippen LogP contribution in [0.2, 0.25) is 0 Å².